The molecule has 2 aromatic rings. The molecular weight excluding hydrogens is 310 g/mol. The Morgan fingerprint density at radius 1 is 1.26 bits per heavy atom. The Morgan fingerprint density at radius 2 is 2.00 bits per heavy atom. The van der Waals surface area contributed by atoms with E-state index < -0.39 is 0 Å². The average molecular weight is 332 g/mol. The van der Waals surface area contributed by atoms with E-state index in [0.717, 1.165) is 12.1 Å². The molecule has 122 valence electrons. The molecule has 4 heteroatoms. The van der Waals surface area contributed by atoms with Crippen molar-refractivity contribution in [1.29, 1.82) is 0 Å². The maximum Gasteiger partial charge on any atom is 0.166 e. The summed E-state index contributed by atoms with van der Waals surface area (Å²) in [6, 6.07) is 11.3. The first-order valence-corrected chi connectivity index (χ1v) is 8.22. The van der Waals surface area contributed by atoms with Crippen LogP contribution in [-0.4, -0.2) is 17.9 Å². The molecule has 2 aromatic carbocycles. The molecule has 0 aromatic heterocycles. The second-order valence-corrected chi connectivity index (χ2v) is 5.84. The third-order valence-corrected chi connectivity index (χ3v) is 4.01. The lowest BCUT2D eigenvalue weighted by molar-refractivity contribution is 0.318. The Kier molecular flexibility index (Phi) is 6.05. The Labute approximate surface area is 142 Å². The third-order valence-electron chi connectivity index (χ3n) is 3.79. The van der Waals surface area contributed by atoms with Gasteiger partial charge < -0.3 is 9.84 Å². The van der Waals surface area contributed by atoms with Crippen molar-refractivity contribution in [2.75, 3.05) is 6.61 Å². The van der Waals surface area contributed by atoms with Crippen LogP contribution in [0.3, 0.4) is 0 Å². The number of hydrogen-bond acceptors (Lipinski definition) is 3. The summed E-state index contributed by atoms with van der Waals surface area (Å²) in [6.07, 6.45) is 2.67. The molecule has 0 spiro atoms. The number of ether oxygens (including phenoxy) is 1. The van der Waals surface area contributed by atoms with Gasteiger partial charge in [0.25, 0.3) is 0 Å². The highest BCUT2D eigenvalue weighted by Gasteiger charge is 2.10. The Balaban J connectivity index is 2.38. The van der Waals surface area contributed by atoms with Crippen LogP contribution in [0.5, 0.6) is 11.5 Å². The normalized spacial score (nSPS) is 12.5. The lowest BCUT2D eigenvalue weighted by Gasteiger charge is -2.12. The van der Waals surface area contributed by atoms with Crippen LogP contribution in [0.25, 0.3) is 0 Å². The Bertz CT molecular complexity index is 698. The molecule has 0 aliphatic heterocycles. The van der Waals surface area contributed by atoms with Crippen LogP contribution < -0.4 is 4.74 Å². The van der Waals surface area contributed by atoms with Crippen LogP contribution in [0.15, 0.2) is 41.4 Å². The van der Waals surface area contributed by atoms with E-state index in [0.29, 0.717) is 28.9 Å². The molecule has 1 atom stereocenters. The van der Waals surface area contributed by atoms with Gasteiger partial charge in [-0.1, -0.05) is 43.6 Å². The van der Waals surface area contributed by atoms with Crippen molar-refractivity contribution in [3.8, 4) is 11.5 Å². The van der Waals surface area contributed by atoms with E-state index in [1.165, 1.54) is 5.56 Å². The van der Waals surface area contributed by atoms with E-state index in [1.54, 1.807) is 18.3 Å². The SMILES string of the molecule is CCOc1cc(Cl)cc(C=Nc2ccccc2C(C)CC)c1O. The van der Waals surface area contributed by atoms with Gasteiger partial charge in [-0.2, -0.15) is 0 Å². The fraction of sp³-hybridized carbons (Fsp3) is 0.316. The molecule has 0 aliphatic rings. The van der Waals surface area contributed by atoms with Gasteiger partial charge in [0.1, 0.15) is 0 Å². The smallest absolute Gasteiger partial charge is 0.166 e. The van der Waals surface area contributed by atoms with Gasteiger partial charge in [-0.25, -0.2) is 0 Å². The fourth-order valence-corrected chi connectivity index (χ4v) is 2.56. The maximum atomic E-state index is 10.3. The number of nitrogens with zero attached hydrogens (tertiary/aromatic N) is 1. The molecular formula is C19H22ClNO2. The maximum absolute atomic E-state index is 10.3. The number of phenols is 1. The third kappa shape index (κ3) is 4.26. The monoisotopic (exact) mass is 331 g/mol. The number of halogens is 1. The quantitative estimate of drug-likeness (QED) is 0.689. The predicted molar refractivity (Wildman–Crippen MR) is 96.7 cm³/mol. The summed E-state index contributed by atoms with van der Waals surface area (Å²) in [6.45, 7) is 6.65. The minimum atomic E-state index is 0.0565. The number of benzene rings is 2. The van der Waals surface area contributed by atoms with E-state index in [1.807, 2.05) is 25.1 Å². The molecule has 0 aliphatic carbocycles. The average Bonchev–Trinajstić information content (AvgIpc) is 2.56. The Hall–Kier alpha value is -2.00. The summed E-state index contributed by atoms with van der Waals surface area (Å²) in [5, 5.41) is 10.8. The summed E-state index contributed by atoms with van der Waals surface area (Å²) in [5.74, 6) is 0.855. The molecule has 0 amide bonds. The van der Waals surface area contributed by atoms with Crippen molar-refractivity contribution in [2.45, 2.75) is 33.1 Å². The second kappa shape index (κ2) is 8.02. The number of rotatable bonds is 6. The molecule has 3 nitrogen and oxygen atoms in total. The van der Waals surface area contributed by atoms with Gasteiger partial charge >= 0.3 is 0 Å². The summed E-state index contributed by atoms with van der Waals surface area (Å²) >= 11 is 6.09. The Morgan fingerprint density at radius 3 is 2.70 bits per heavy atom. The fourth-order valence-electron chi connectivity index (χ4n) is 2.34. The van der Waals surface area contributed by atoms with Crippen molar-refractivity contribution in [3.05, 3.63) is 52.5 Å². The minimum Gasteiger partial charge on any atom is -0.504 e. The van der Waals surface area contributed by atoms with Crippen LogP contribution >= 0.6 is 11.6 Å². The van der Waals surface area contributed by atoms with Crippen LogP contribution in [0, 0.1) is 0 Å². The number of aromatic hydroxyl groups is 1. The molecule has 0 heterocycles. The highest BCUT2D eigenvalue weighted by Crippen LogP contribution is 2.34. The topological polar surface area (TPSA) is 41.8 Å². The largest absolute Gasteiger partial charge is 0.504 e. The zero-order chi connectivity index (χ0) is 16.8. The van der Waals surface area contributed by atoms with Gasteiger partial charge in [-0.05, 0) is 37.0 Å². The highest BCUT2D eigenvalue weighted by atomic mass is 35.5. The molecule has 23 heavy (non-hydrogen) atoms. The van der Waals surface area contributed by atoms with E-state index >= 15 is 0 Å². The van der Waals surface area contributed by atoms with Gasteiger partial charge in [0.2, 0.25) is 0 Å². The van der Waals surface area contributed by atoms with Crippen LogP contribution in [0.2, 0.25) is 5.02 Å². The molecule has 2 rings (SSSR count). The molecule has 1 N–H and O–H groups in total. The summed E-state index contributed by atoms with van der Waals surface area (Å²) in [4.78, 5) is 4.55. The van der Waals surface area contributed by atoms with E-state index in [-0.39, 0.29) is 5.75 Å². The van der Waals surface area contributed by atoms with Gasteiger partial charge in [-0.3, -0.25) is 4.99 Å². The summed E-state index contributed by atoms with van der Waals surface area (Å²) in [7, 11) is 0. The lowest BCUT2D eigenvalue weighted by atomic mass is 9.97. The first kappa shape index (κ1) is 17.4. The molecule has 0 saturated carbocycles. The summed E-state index contributed by atoms with van der Waals surface area (Å²) in [5.41, 5.74) is 2.64. The van der Waals surface area contributed by atoms with Crippen LogP contribution in [0.1, 0.15) is 44.2 Å². The van der Waals surface area contributed by atoms with Gasteiger partial charge in [0.05, 0.1) is 12.3 Å². The number of hydrogen-bond donors (Lipinski definition) is 1. The van der Waals surface area contributed by atoms with Crippen molar-refractivity contribution in [2.24, 2.45) is 4.99 Å². The van der Waals surface area contributed by atoms with Crippen molar-refractivity contribution < 1.29 is 9.84 Å². The molecule has 0 saturated heterocycles. The van der Waals surface area contributed by atoms with Crippen molar-refractivity contribution in [3.63, 3.8) is 0 Å². The zero-order valence-corrected chi connectivity index (χ0v) is 14.5. The minimum absolute atomic E-state index is 0.0565. The van der Waals surface area contributed by atoms with E-state index in [4.69, 9.17) is 16.3 Å². The lowest BCUT2D eigenvalue weighted by Crippen LogP contribution is -1.95. The van der Waals surface area contributed by atoms with Gasteiger partial charge in [0, 0.05) is 22.9 Å². The number of phenolic OH excluding ortho intramolecular Hbond substituents is 1. The second-order valence-electron chi connectivity index (χ2n) is 5.40. The van der Waals surface area contributed by atoms with Crippen LogP contribution in [0.4, 0.5) is 5.69 Å². The van der Waals surface area contributed by atoms with Crippen molar-refractivity contribution in [1.82, 2.24) is 0 Å². The number of aliphatic imine (C=N–C) groups is 1. The van der Waals surface area contributed by atoms with Crippen molar-refractivity contribution >= 4 is 23.5 Å². The number of para-hydroxylation sites is 1. The van der Waals surface area contributed by atoms with Crippen LogP contribution in [-0.2, 0) is 0 Å². The van der Waals surface area contributed by atoms with Gasteiger partial charge in [0.15, 0.2) is 11.5 Å². The first-order chi connectivity index (χ1) is 11.1. The molecule has 0 fully saturated rings. The zero-order valence-electron chi connectivity index (χ0n) is 13.7. The molecule has 1 unspecified atom stereocenters. The summed E-state index contributed by atoms with van der Waals surface area (Å²) < 4.78 is 5.39. The first-order valence-electron chi connectivity index (χ1n) is 7.85. The molecule has 0 bridgehead atoms. The highest BCUT2D eigenvalue weighted by molar-refractivity contribution is 6.31. The predicted octanol–water partition coefficient (Wildman–Crippen LogP) is 5.71. The molecule has 0 radical (unpaired) electrons. The van der Waals surface area contributed by atoms with E-state index in [2.05, 4.69) is 24.9 Å². The van der Waals surface area contributed by atoms with Gasteiger partial charge in [-0.15, -0.1) is 0 Å². The van der Waals surface area contributed by atoms with E-state index in [9.17, 15) is 5.11 Å². The standard InChI is InChI=1S/C19H22ClNO2/c1-4-13(3)16-8-6-7-9-17(16)21-12-14-10-15(20)11-18(19(14)22)23-5-2/h6-13,22H,4-5H2,1-3H3.